The second-order valence-corrected chi connectivity index (χ2v) is 10.0. The summed E-state index contributed by atoms with van der Waals surface area (Å²) >= 11 is -1.29. The molecule has 0 aromatic heterocycles. The van der Waals surface area contributed by atoms with Crippen LogP contribution in [-0.4, -0.2) is 38.5 Å². The fourth-order valence-electron chi connectivity index (χ4n) is 3.90. The van der Waals surface area contributed by atoms with Gasteiger partial charge in [-0.3, -0.25) is 0 Å². The zero-order valence-corrected chi connectivity index (χ0v) is 15.7. The Kier molecular flexibility index (Phi) is 4.77. The van der Waals surface area contributed by atoms with Crippen LogP contribution in [0.15, 0.2) is 18.2 Å². The van der Waals surface area contributed by atoms with Gasteiger partial charge in [-0.1, -0.05) is 12.1 Å². The minimum Gasteiger partial charge on any atom is -0.598 e. The normalized spacial score (nSPS) is 23.6. The topological polar surface area (TPSA) is 75.6 Å². The number of carboxylic acid groups (broad SMARTS) is 1. The van der Waals surface area contributed by atoms with Gasteiger partial charge in [-0.05, 0) is 57.2 Å². The van der Waals surface area contributed by atoms with Crippen molar-refractivity contribution < 1.29 is 18.8 Å². The Morgan fingerprint density at radius 2 is 2.04 bits per heavy atom. The van der Waals surface area contributed by atoms with Crippen LogP contribution < -0.4 is 4.72 Å². The van der Waals surface area contributed by atoms with Crippen LogP contribution in [0.2, 0.25) is 0 Å². The molecule has 5 nitrogen and oxygen atoms in total. The second-order valence-electron chi connectivity index (χ2n) is 8.05. The first-order chi connectivity index (χ1) is 11.6. The highest BCUT2D eigenvalue weighted by molar-refractivity contribution is 7.90. The Balaban J connectivity index is 1.92. The first-order valence-electron chi connectivity index (χ1n) is 8.57. The molecule has 138 valence electrons. The minimum atomic E-state index is -1.29. The number of amides is 1. The van der Waals surface area contributed by atoms with E-state index in [0.717, 1.165) is 5.56 Å². The number of nitrogens with one attached hydrogen (secondary N) is 1. The van der Waals surface area contributed by atoms with Crippen molar-refractivity contribution in [2.24, 2.45) is 5.41 Å². The lowest BCUT2D eigenvalue weighted by Crippen LogP contribution is -2.50. The molecule has 7 heteroatoms. The van der Waals surface area contributed by atoms with Gasteiger partial charge in [0.1, 0.15) is 10.6 Å². The van der Waals surface area contributed by atoms with Crippen molar-refractivity contribution in [3.05, 3.63) is 35.1 Å². The van der Waals surface area contributed by atoms with E-state index in [1.807, 2.05) is 26.8 Å². The standard InChI is InChI=1S/C18H25FN2O3S/c1-17(2,3)25(24)20-15-12-5-4-6-14(19)13(12)11-18(15)7-9-21(10-8-18)16(22)23/h4-6,15,20H,7-11H2,1-3H3,(H,22,23)/t15?,25-/m1/s1. The van der Waals surface area contributed by atoms with Gasteiger partial charge in [0.2, 0.25) is 0 Å². The van der Waals surface area contributed by atoms with Crippen LogP contribution in [0.3, 0.4) is 0 Å². The molecule has 1 amide bonds. The summed E-state index contributed by atoms with van der Waals surface area (Å²) in [6.45, 7) is 6.54. The molecule has 1 aliphatic heterocycles. The summed E-state index contributed by atoms with van der Waals surface area (Å²) in [5.74, 6) is -0.233. The Morgan fingerprint density at radius 3 is 2.60 bits per heavy atom. The lowest BCUT2D eigenvalue weighted by atomic mass is 9.73. The van der Waals surface area contributed by atoms with Crippen LogP contribution in [0.5, 0.6) is 0 Å². The number of benzene rings is 1. The maximum Gasteiger partial charge on any atom is 0.407 e. The minimum absolute atomic E-state index is 0.228. The van der Waals surface area contributed by atoms with Crippen molar-refractivity contribution in [2.45, 2.75) is 50.8 Å². The van der Waals surface area contributed by atoms with Crippen molar-refractivity contribution in [1.29, 1.82) is 0 Å². The van der Waals surface area contributed by atoms with Gasteiger partial charge in [0.05, 0.1) is 6.04 Å². The van der Waals surface area contributed by atoms with Crippen molar-refractivity contribution in [3.63, 3.8) is 0 Å². The van der Waals surface area contributed by atoms with E-state index in [0.29, 0.717) is 37.9 Å². The zero-order chi connectivity index (χ0) is 18.4. The van der Waals surface area contributed by atoms with E-state index in [1.165, 1.54) is 11.0 Å². The highest BCUT2D eigenvalue weighted by atomic mass is 32.2. The van der Waals surface area contributed by atoms with E-state index in [-0.39, 0.29) is 17.3 Å². The summed E-state index contributed by atoms with van der Waals surface area (Å²) in [5, 5.41) is 9.21. The van der Waals surface area contributed by atoms with Gasteiger partial charge in [-0.15, -0.1) is 4.72 Å². The summed E-state index contributed by atoms with van der Waals surface area (Å²) < 4.78 is 29.9. The van der Waals surface area contributed by atoms with E-state index in [4.69, 9.17) is 0 Å². The zero-order valence-electron chi connectivity index (χ0n) is 14.8. The average molecular weight is 368 g/mol. The van der Waals surface area contributed by atoms with Crippen molar-refractivity contribution in [2.75, 3.05) is 13.1 Å². The van der Waals surface area contributed by atoms with Crippen molar-refractivity contribution in [3.8, 4) is 0 Å². The molecule has 1 saturated heterocycles. The first kappa shape index (κ1) is 18.5. The SMILES string of the molecule is CC(C)(C)[S@@+]([O-])NC1c2cccc(F)c2CC12CCN(C(=O)O)CC2. The number of halogens is 1. The van der Waals surface area contributed by atoms with Crippen LogP contribution in [0.25, 0.3) is 0 Å². The molecule has 0 radical (unpaired) electrons. The molecule has 0 bridgehead atoms. The molecule has 1 aromatic carbocycles. The Hall–Kier alpha value is -1.31. The molecule has 2 atom stereocenters. The molecule has 2 aliphatic rings. The number of rotatable bonds is 2. The maximum atomic E-state index is 14.4. The first-order valence-corrected chi connectivity index (χ1v) is 9.72. The van der Waals surface area contributed by atoms with E-state index >= 15 is 0 Å². The summed E-state index contributed by atoms with van der Waals surface area (Å²) in [6.07, 6.45) is 0.902. The van der Waals surface area contributed by atoms with Crippen molar-refractivity contribution >= 4 is 17.5 Å². The molecular weight excluding hydrogens is 343 g/mol. The average Bonchev–Trinajstić information content (AvgIpc) is 2.82. The van der Waals surface area contributed by atoms with E-state index in [2.05, 4.69) is 4.72 Å². The molecule has 2 N–H and O–H groups in total. The highest BCUT2D eigenvalue weighted by Gasteiger charge is 2.51. The lowest BCUT2D eigenvalue weighted by Gasteiger charge is -2.43. The number of carbonyl (C=O) groups is 1. The van der Waals surface area contributed by atoms with E-state index in [9.17, 15) is 18.8 Å². The Labute approximate surface area is 150 Å². The van der Waals surface area contributed by atoms with Gasteiger partial charge in [0, 0.05) is 29.9 Å². The van der Waals surface area contributed by atoms with Gasteiger partial charge in [0.25, 0.3) is 0 Å². The molecule has 1 heterocycles. The largest absolute Gasteiger partial charge is 0.598 e. The van der Waals surface area contributed by atoms with Gasteiger partial charge in [-0.2, -0.15) is 0 Å². The molecule has 25 heavy (non-hydrogen) atoms. The second kappa shape index (κ2) is 6.45. The molecular formula is C18H25FN2O3S. The van der Waals surface area contributed by atoms with Crippen LogP contribution in [-0.2, 0) is 17.8 Å². The summed E-state index contributed by atoms with van der Waals surface area (Å²) in [4.78, 5) is 12.6. The van der Waals surface area contributed by atoms with Gasteiger partial charge in [0.15, 0.2) is 0 Å². The van der Waals surface area contributed by atoms with Crippen LogP contribution in [0, 0.1) is 11.2 Å². The molecule has 3 rings (SSSR count). The third kappa shape index (κ3) is 3.37. The van der Waals surface area contributed by atoms with Crippen LogP contribution in [0.4, 0.5) is 9.18 Å². The van der Waals surface area contributed by atoms with Gasteiger partial charge in [-0.25, -0.2) is 9.18 Å². The van der Waals surface area contributed by atoms with Crippen molar-refractivity contribution in [1.82, 2.24) is 9.62 Å². The molecule has 1 unspecified atom stereocenters. The number of likely N-dealkylation sites (tertiary alicyclic amines) is 1. The van der Waals surface area contributed by atoms with E-state index < -0.39 is 22.2 Å². The number of hydrogen-bond donors (Lipinski definition) is 2. The lowest BCUT2D eigenvalue weighted by molar-refractivity contribution is 0.0762. The van der Waals surface area contributed by atoms with Gasteiger partial charge < -0.3 is 14.6 Å². The summed E-state index contributed by atoms with van der Waals surface area (Å²) in [7, 11) is 0. The molecule has 1 aliphatic carbocycles. The molecule has 1 fully saturated rings. The monoisotopic (exact) mass is 368 g/mol. The highest BCUT2D eigenvalue weighted by Crippen LogP contribution is 2.53. The number of piperidine rings is 1. The smallest absolute Gasteiger partial charge is 0.407 e. The Morgan fingerprint density at radius 1 is 1.40 bits per heavy atom. The Bertz CT molecular complexity index is 669. The molecule has 1 spiro atoms. The predicted octanol–water partition coefficient (Wildman–Crippen LogP) is 3.23. The summed E-state index contributed by atoms with van der Waals surface area (Å²) in [6, 6.07) is 4.82. The summed E-state index contributed by atoms with van der Waals surface area (Å²) in [5.41, 5.74) is 1.24. The predicted molar refractivity (Wildman–Crippen MR) is 95.1 cm³/mol. The van der Waals surface area contributed by atoms with Crippen LogP contribution >= 0.6 is 0 Å². The maximum absolute atomic E-state index is 14.4. The quantitative estimate of drug-likeness (QED) is 0.786. The fourth-order valence-corrected chi connectivity index (χ4v) is 4.84. The fraction of sp³-hybridized carbons (Fsp3) is 0.611. The van der Waals surface area contributed by atoms with E-state index in [1.54, 1.807) is 6.07 Å². The third-order valence-corrected chi connectivity index (χ3v) is 6.98. The third-order valence-electron chi connectivity index (χ3n) is 5.42. The number of hydrogen-bond acceptors (Lipinski definition) is 3. The van der Waals surface area contributed by atoms with Gasteiger partial charge >= 0.3 is 6.09 Å². The number of fused-ring (bicyclic) bond motifs is 1. The molecule has 1 aromatic rings. The number of nitrogens with zero attached hydrogens (tertiary/aromatic N) is 1. The van der Waals surface area contributed by atoms with Crippen LogP contribution in [0.1, 0.15) is 50.8 Å². The molecule has 0 saturated carbocycles.